The van der Waals surface area contributed by atoms with Crippen molar-refractivity contribution >= 4 is 17.5 Å². The Balaban J connectivity index is 2.12. The number of hydrogen-bond acceptors (Lipinski definition) is 4. The molecule has 0 radical (unpaired) electrons. The average molecular weight is 314 g/mol. The molecule has 0 aliphatic rings. The van der Waals surface area contributed by atoms with E-state index in [0.717, 1.165) is 5.56 Å². The van der Waals surface area contributed by atoms with Crippen LogP contribution in [0.1, 0.15) is 18.9 Å². The molecule has 6 heteroatoms. The van der Waals surface area contributed by atoms with E-state index in [1.54, 1.807) is 12.1 Å². The van der Waals surface area contributed by atoms with E-state index in [2.05, 4.69) is 0 Å². The van der Waals surface area contributed by atoms with Gasteiger partial charge < -0.3 is 4.74 Å². The van der Waals surface area contributed by atoms with Gasteiger partial charge in [-0.3, -0.25) is 15.0 Å². The van der Waals surface area contributed by atoms with Crippen molar-refractivity contribution in [3.05, 3.63) is 70.3 Å². The number of hydrogen-bond donors (Lipinski definition) is 0. The average Bonchev–Trinajstić information content (AvgIpc) is 2.58. The molecule has 2 rings (SSSR count). The molecule has 0 heterocycles. The zero-order valence-electron chi connectivity index (χ0n) is 12.8. The normalized spacial score (nSPS) is 10.1. The molecule has 2 aromatic rings. The summed E-state index contributed by atoms with van der Waals surface area (Å²) in [7, 11) is 0. The molecule has 0 atom stereocenters. The van der Waals surface area contributed by atoms with E-state index in [9.17, 15) is 14.9 Å². The number of nitrogens with zero attached hydrogens (tertiary/aromatic N) is 2. The Hall–Kier alpha value is -2.89. The Morgan fingerprint density at radius 1 is 1.17 bits per heavy atom. The largest absolute Gasteiger partial charge is 0.444 e. The molecular formula is C17H18N2O4. The summed E-state index contributed by atoms with van der Waals surface area (Å²) in [5.41, 5.74) is 1.29. The van der Waals surface area contributed by atoms with Crippen molar-refractivity contribution in [2.24, 2.45) is 0 Å². The van der Waals surface area contributed by atoms with E-state index in [-0.39, 0.29) is 12.3 Å². The summed E-state index contributed by atoms with van der Waals surface area (Å²) in [6.45, 7) is 2.51. The van der Waals surface area contributed by atoms with Crippen LogP contribution in [-0.4, -0.2) is 17.6 Å². The van der Waals surface area contributed by atoms with Gasteiger partial charge in [0.15, 0.2) is 0 Å². The van der Waals surface area contributed by atoms with Crippen LogP contribution in [0.5, 0.6) is 0 Å². The Labute approximate surface area is 134 Å². The van der Waals surface area contributed by atoms with E-state index in [4.69, 9.17) is 4.74 Å². The van der Waals surface area contributed by atoms with Gasteiger partial charge in [0.05, 0.1) is 10.6 Å². The third kappa shape index (κ3) is 4.54. The summed E-state index contributed by atoms with van der Waals surface area (Å²) in [6, 6.07) is 15.3. The number of carbonyl (C=O) groups is 1. The molecule has 0 spiro atoms. The van der Waals surface area contributed by atoms with Crippen molar-refractivity contribution in [2.45, 2.75) is 20.0 Å². The van der Waals surface area contributed by atoms with E-state index < -0.39 is 11.0 Å². The lowest BCUT2D eigenvalue weighted by atomic mass is 10.2. The summed E-state index contributed by atoms with van der Waals surface area (Å²) in [6.07, 6.45) is 0.194. The fraction of sp³-hybridized carbons (Fsp3) is 0.235. The summed E-state index contributed by atoms with van der Waals surface area (Å²) in [4.78, 5) is 24.1. The number of nitro groups is 1. The van der Waals surface area contributed by atoms with Gasteiger partial charge in [0.2, 0.25) is 0 Å². The fourth-order valence-corrected chi connectivity index (χ4v) is 2.12. The van der Waals surface area contributed by atoms with Gasteiger partial charge in [-0.15, -0.1) is 0 Å². The molecule has 1 amide bonds. The van der Waals surface area contributed by atoms with Crippen LogP contribution in [0.2, 0.25) is 0 Å². The number of non-ortho nitro benzene ring substituents is 1. The van der Waals surface area contributed by atoms with Crippen LogP contribution in [0, 0.1) is 10.1 Å². The third-order valence-electron chi connectivity index (χ3n) is 3.22. The van der Waals surface area contributed by atoms with Crippen LogP contribution < -0.4 is 4.90 Å². The predicted octanol–water partition coefficient (Wildman–Crippen LogP) is 4.15. The number of ether oxygens (including phenoxy) is 1. The minimum absolute atomic E-state index is 0.0561. The van der Waals surface area contributed by atoms with E-state index in [1.807, 2.05) is 37.3 Å². The molecule has 6 nitrogen and oxygen atoms in total. The molecule has 2 aromatic carbocycles. The van der Waals surface area contributed by atoms with Crippen LogP contribution in [0.25, 0.3) is 0 Å². The Morgan fingerprint density at radius 2 is 1.91 bits per heavy atom. The second-order valence-corrected chi connectivity index (χ2v) is 4.97. The standard InChI is InChI=1S/C17H18N2O4/c1-2-11-18(15-9-6-10-16(12-15)19(21)22)17(20)23-13-14-7-4-3-5-8-14/h3-10,12H,2,11,13H2,1H3. The Morgan fingerprint density at radius 3 is 2.57 bits per heavy atom. The second-order valence-electron chi connectivity index (χ2n) is 4.97. The van der Waals surface area contributed by atoms with Gasteiger partial charge >= 0.3 is 6.09 Å². The first-order valence-electron chi connectivity index (χ1n) is 7.34. The molecule has 0 unspecified atom stereocenters. The van der Waals surface area contributed by atoms with Gasteiger partial charge in [-0.1, -0.05) is 43.3 Å². The van der Waals surface area contributed by atoms with Gasteiger partial charge in [0.1, 0.15) is 6.61 Å². The van der Waals surface area contributed by atoms with E-state index >= 15 is 0 Å². The Bertz CT molecular complexity index is 673. The maximum Gasteiger partial charge on any atom is 0.414 e. The van der Waals surface area contributed by atoms with Crippen LogP contribution in [0.15, 0.2) is 54.6 Å². The van der Waals surface area contributed by atoms with Crippen molar-refractivity contribution in [2.75, 3.05) is 11.4 Å². The number of anilines is 1. The molecule has 0 aromatic heterocycles. The van der Waals surface area contributed by atoms with Crippen molar-refractivity contribution in [3.8, 4) is 0 Å². The minimum Gasteiger partial charge on any atom is -0.444 e. The first kappa shape index (κ1) is 16.5. The number of amides is 1. The Kier molecular flexibility index (Phi) is 5.68. The minimum atomic E-state index is -0.517. The number of rotatable bonds is 6. The molecule has 0 aliphatic carbocycles. The maximum atomic E-state index is 12.3. The molecule has 0 saturated carbocycles. The maximum absolute atomic E-state index is 12.3. The van der Waals surface area contributed by atoms with E-state index in [0.29, 0.717) is 18.7 Å². The highest BCUT2D eigenvalue weighted by molar-refractivity contribution is 5.88. The highest BCUT2D eigenvalue weighted by Gasteiger charge is 2.18. The van der Waals surface area contributed by atoms with Crippen LogP contribution >= 0.6 is 0 Å². The SMILES string of the molecule is CCCN(C(=O)OCc1ccccc1)c1cccc([N+](=O)[O-])c1. The topological polar surface area (TPSA) is 72.7 Å². The smallest absolute Gasteiger partial charge is 0.414 e. The molecule has 0 N–H and O–H groups in total. The molecule has 0 saturated heterocycles. The zero-order valence-corrected chi connectivity index (χ0v) is 12.8. The molecular weight excluding hydrogens is 296 g/mol. The summed E-state index contributed by atoms with van der Waals surface area (Å²) in [5, 5.41) is 10.9. The summed E-state index contributed by atoms with van der Waals surface area (Å²) in [5.74, 6) is 0. The lowest BCUT2D eigenvalue weighted by molar-refractivity contribution is -0.384. The lowest BCUT2D eigenvalue weighted by Gasteiger charge is -2.21. The molecule has 23 heavy (non-hydrogen) atoms. The van der Waals surface area contributed by atoms with Crippen LogP contribution in [0.4, 0.5) is 16.2 Å². The van der Waals surface area contributed by atoms with Crippen molar-refractivity contribution < 1.29 is 14.5 Å². The van der Waals surface area contributed by atoms with Gasteiger partial charge in [-0.05, 0) is 18.1 Å². The second kappa shape index (κ2) is 7.93. The van der Waals surface area contributed by atoms with Crippen LogP contribution in [-0.2, 0) is 11.3 Å². The van der Waals surface area contributed by atoms with Crippen molar-refractivity contribution in [1.82, 2.24) is 0 Å². The molecule has 0 aliphatic heterocycles. The molecule has 0 fully saturated rings. The molecule has 0 bridgehead atoms. The quantitative estimate of drug-likeness (QED) is 0.593. The fourth-order valence-electron chi connectivity index (χ4n) is 2.12. The lowest BCUT2D eigenvalue weighted by Crippen LogP contribution is -2.32. The van der Waals surface area contributed by atoms with Crippen molar-refractivity contribution in [1.29, 1.82) is 0 Å². The van der Waals surface area contributed by atoms with Crippen LogP contribution in [0.3, 0.4) is 0 Å². The summed E-state index contributed by atoms with van der Waals surface area (Å²) < 4.78 is 5.31. The number of nitro benzene ring substituents is 1. The number of carbonyl (C=O) groups excluding carboxylic acids is 1. The number of benzene rings is 2. The predicted molar refractivity (Wildman–Crippen MR) is 87.4 cm³/mol. The van der Waals surface area contributed by atoms with E-state index in [1.165, 1.54) is 17.0 Å². The van der Waals surface area contributed by atoms with Gasteiger partial charge in [0, 0.05) is 18.7 Å². The van der Waals surface area contributed by atoms with Gasteiger partial charge in [0.25, 0.3) is 5.69 Å². The summed E-state index contributed by atoms with van der Waals surface area (Å²) >= 11 is 0. The third-order valence-corrected chi connectivity index (χ3v) is 3.22. The monoisotopic (exact) mass is 314 g/mol. The molecule has 120 valence electrons. The first-order valence-corrected chi connectivity index (χ1v) is 7.34. The highest BCUT2D eigenvalue weighted by Crippen LogP contribution is 2.22. The first-order chi connectivity index (χ1) is 11.1. The zero-order chi connectivity index (χ0) is 16.7. The van der Waals surface area contributed by atoms with Gasteiger partial charge in [-0.25, -0.2) is 4.79 Å². The highest BCUT2D eigenvalue weighted by atomic mass is 16.6. The van der Waals surface area contributed by atoms with Crippen molar-refractivity contribution in [3.63, 3.8) is 0 Å². The van der Waals surface area contributed by atoms with Gasteiger partial charge in [-0.2, -0.15) is 0 Å².